The SMILES string of the molecule is Clc1ccccc1[Te]c1ccccc1. The average Bonchev–Trinajstić information content (AvgIpc) is 2.23. The van der Waals surface area contributed by atoms with E-state index in [2.05, 4.69) is 36.4 Å². The molecule has 0 spiro atoms. The van der Waals surface area contributed by atoms with Crippen LogP contribution in [-0.2, 0) is 0 Å². The molecule has 0 N–H and O–H groups in total. The zero-order valence-electron chi connectivity index (χ0n) is 7.48. The van der Waals surface area contributed by atoms with Crippen LogP contribution in [0.4, 0.5) is 0 Å². The fourth-order valence-electron chi connectivity index (χ4n) is 1.14. The Kier molecular flexibility index (Phi) is 3.48. The van der Waals surface area contributed by atoms with Crippen LogP contribution in [0.1, 0.15) is 0 Å². The Labute approximate surface area is 99.0 Å². The standard InChI is InChI=1S/C12H9ClTe/c13-11-8-4-5-9-12(11)14-10-6-2-1-3-7-10/h1-9H. The summed E-state index contributed by atoms with van der Waals surface area (Å²) < 4.78 is 2.73. The summed E-state index contributed by atoms with van der Waals surface area (Å²) in [7, 11) is 0. The Balaban J connectivity index is 2.24. The zero-order valence-corrected chi connectivity index (χ0v) is 10.6. The van der Waals surface area contributed by atoms with E-state index in [9.17, 15) is 0 Å². The molecular weight excluding hydrogens is 307 g/mol. The number of hydrogen-bond acceptors (Lipinski definition) is 0. The van der Waals surface area contributed by atoms with Gasteiger partial charge in [-0.3, -0.25) is 0 Å². The third kappa shape index (κ3) is 2.51. The molecule has 0 unspecified atom stereocenters. The molecule has 0 amide bonds. The van der Waals surface area contributed by atoms with Gasteiger partial charge in [0.25, 0.3) is 0 Å². The van der Waals surface area contributed by atoms with Crippen molar-refractivity contribution < 1.29 is 0 Å². The molecule has 0 nitrogen and oxygen atoms in total. The predicted molar refractivity (Wildman–Crippen MR) is 62.9 cm³/mol. The Hall–Kier alpha value is -0.480. The quantitative estimate of drug-likeness (QED) is 0.744. The van der Waals surface area contributed by atoms with Crippen LogP contribution < -0.4 is 7.22 Å². The van der Waals surface area contributed by atoms with Crippen molar-refractivity contribution in [2.45, 2.75) is 0 Å². The van der Waals surface area contributed by atoms with Crippen LogP contribution in [0, 0.1) is 0 Å². The molecule has 14 heavy (non-hydrogen) atoms. The Morgan fingerprint density at radius 1 is 0.786 bits per heavy atom. The van der Waals surface area contributed by atoms with E-state index in [4.69, 9.17) is 11.6 Å². The van der Waals surface area contributed by atoms with Gasteiger partial charge in [-0.15, -0.1) is 0 Å². The summed E-state index contributed by atoms with van der Waals surface area (Å²) in [6, 6.07) is 18.7. The van der Waals surface area contributed by atoms with Gasteiger partial charge in [-0.2, -0.15) is 0 Å². The van der Waals surface area contributed by atoms with Crippen molar-refractivity contribution >= 4 is 39.7 Å². The molecule has 0 saturated carbocycles. The normalized spacial score (nSPS) is 10.1. The van der Waals surface area contributed by atoms with Gasteiger partial charge >= 0.3 is 99.4 Å². The van der Waals surface area contributed by atoms with Gasteiger partial charge in [0, 0.05) is 0 Å². The van der Waals surface area contributed by atoms with Crippen molar-refractivity contribution in [3.05, 3.63) is 59.6 Å². The van der Waals surface area contributed by atoms with E-state index in [0.29, 0.717) is 0 Å². The number of halogens is 1. The van der Waals surface area contributed by atoms with E-state index in [0.717, 1.165) is 5.02 Å². The van der Waals surface area contributed by atoms with Crippen LogP contribution in [0.25, 0.3) is 0 Å². The molecule has 70 valence electrons. The van der Waals surface area contributed by atoms with Crippen molar-refractivity contribution in [2.75, 3.05) is 0 Å². The zero-order chi connectivity index (χ0) is 9.80. The molecule has 2 aromatic carbocycles. The maximum absolute atomic E-state index is 6.11. The van der Waals surface area contributed by atoms with Crippen LogP contribution >= 0.6 is 11.6 Å². The van der Waals surface area contributed by atoms with Gasteiger partial charge in [0.05, 0.1) is 0 Å². The first-order valence-electron chi connectivity index (χ1n) is 4.34. The molecule has 2 rings (SSSR count). The van der Waals surface area contributed by atoms with Crippen molar-refractivity contribution in [2.24, 2.45) is 0 Å². The molecule has 0 aliphatic rings. The first kappa shape index (κ1) is 10.1. The molecule has 0 aliphatic carbocycles. The molecule has 0 fully saturated rings. The summed E-state index contributed by atoms with van der Waals surface area (Å²) in [4.78, 5) is 0. The third-order valence-corrected chi connectivity index (χ3v) is 5.58. The van der Waals surface area contributed by atoms with E-state index in [-0.39, 0.29) is 20.9 Å². The fourth-order valence-corrected chi connectivity index (χ4v) is 3.99. The van der Waals surface area contributed by atoms with E-state index in [1.54, 1.807) is 0 Å². The summed E-state index contributed by atoms with van der Waals surface area (Å²) in [6.45, 7) is 0. The first-order valence-corrected chi connectivity index (χ1v) is 7.04. The minimum atomic E-state index is -0.312. The Bertz CT molecular complexity index is 412. The summed E-state index contributed by atoms with van der Waals surface area (Å²) in [6.07, 6.45) is 0. The van der Waals surface area contributed by atoms with Gasteiger partial charge in [0.2, 0.25) is 0 Å². The van der Waals surface area contributed by atoms with E-state index >= 15 is 0 Å². The van der Waals surface area contributed by atoms with Crippen molar-refractivity contribution in [1.82, 2.24) is 0 Å². The van der Waals surface area contributed by atoms with Crippen LogP contribution in [0.15, 0.2) is 54.6 Å². The topological polar surface area (TPSA) is 0 Å². The molecule has 0 atom stereocenters. The van der Waals surface area contributed by atoms with E-state index < -0.39 is 0 Å². The predicted octanol–water partition coefficient (Wildman–Crippen LogP) is 1.99. The molecule has 0 bridgehead atoms. The average molecular weight is 316 g/mol. The maximum atomic E-state index is 6.11. The molecule has 0 radical (unpaired) electrons. The molecule has 2 aromatic rings. The Morgan fingerprint density at radius 3 is 2.14 bits per heavy atom. The Morgan fingerprint density at radius 2 is 1.43 bits per heavy atom. The summed E-state index contributed by atoms with van der Waals surface area (Å²) in [5.74, 6) is 0. The number of hydrogen-bond donors (Lipinski definition) is 0. The van der Waals surface area contributed by atoms with Gasteiger partial charge < -0.3 is 0 Å². The summed E-state index contributed by atoms with van der Waals surface area (Å²) in [5, 5.41) is 0.902. The molecule has 0 aliphatic heterocycles. The van der Waals surface area contributed by atoms with Crippen LogP contribution in [0.5, 0.6) is 0 Å². The molecule has 0 saturated heterocycles. The second kappa shape index (κ2) is 4.84. The van der Waals surface area contributed by atoms with Crippen molar-refractivity contribution in [3.8, 4) is 0 Å². The van der Waals surface area contributed by atoms with E-state index in [1.165, 1.54) is 7.22 Å². The summed E-state index contributed by atoms with van der Waals surface area (Å²) in [5.41, 5.74) is 0. The number of rotatable bonds is 2. The second-order valence-corrected chi connectivity index (χ2v) is 6.44. The fraction of sp³-hybridized carbons (Fsp3) is 0. The van der Waals surface area contributed by atoms with Crippen molar-refractivity contribution in [1.29, 1.82) is 0 Å². The van der Waals surface area contributed by atoms with Gasteiger partial charge in [-0.25, -0.2) is 0 Å². The minimum absolute atomic E-state index is 0.312. The second-order valence-electron chi connectivity index (χ2n) is 2.85. The molecule has 2 heteroatoms. The summed E-state index contributed by atoms with van der Waals surface area (Å²) >= 11 is 5.79. The first-order chi connectivity index (χ1) is 6.86. The number of benzene rings is 2. The molecule has 0 aromatic heterocycles. The molecular formula is C12H9ClTe. The molecule has 0 heterocycles. The van der Waals surface area contributed by atoms with Gasteiger partial charge in [-0.05, 0) is 0 Å². The van der Waals surface area contributed by atoms with E-state index in [1.807, 2.05) is 18.2 Å². The van der Waals surface area contributed by atoms with Crippen molar-refractivity contribution in [3.63, 3.8) is 0 Å². The van der Waals surface area contributed by atoms with Gasteiger partial charge in [0.1, 0.15) is 0 Å². The monoisotopic (exact) mass is 318 g/mol. The van der Waals surface area contributed by atoms with Gasteiger partial charge in [-0.1, -0.05) is 0 Å². The third-order valence-electron chi connectivity index (χ3n) is 1.81. The van der Waals surface area contributed by atoms with Gasteiger partial charge in [0.15, 0.2) is 0 Å². The van der Waals surface area contributed by atoms with Crippen LogP contribution in [-0.4, -0.2) is 20.9 Å². The van der Waals surface area contributed by atoms with Crippen LogP contribution in [0.2, 0.25) is 5.02 Å². The van der Waals surface area contributed by atoms with Crippen LogP contribution in [0.3, 0.4) is 0 Å².